The average molecular weight is 287 g/mol. The summed E-state index contributed by atoms with van der Waals surface area (Å²) < 4.78 is 0.532. The summed E-state index contributed by atoms with van der Waals surface area (Å²) in [6.45, 7) is 3.43. The van der Waals surface area contributed by atoms with Crippen molar-refractivity contribution in [2.75, 3.05) is 19.0 Å². The fourth-order valence-electron chi connectivity index (χ4n) is 2.40. The number of rotatable bonds is 4. The van der Waals surface area contributed by atoms with Gasteiger partial charge in [0.25, 0.3) is 5.70 Å². The molecule has 1 atom stereocenters. The number of hydroxylamine groups is 1. The van der Waals surface area contributed by atoms with E-state index in [1.54, 1.807) is 18.2 Å². The standard InChI is InChI=1S/C15H17N3O3/c1-16(2)13-8-6-12(7-9-13)15(17(3)19)10-4-5-14(11-15)18(20)21/h4-10H,3,11H2,1-2H3. The molecule has 1 aliphatic carbocycles. The summed E-state index contributed by atoms with van der Waals surface area (Å²) in [6, 6.07) is 7.36. The van der Waals surface area contributed by atoms with Crippen molar-refractivity contribution >= 4 is 12.4 Å². The maximum Gasteiger partial charge on any atom is 0.254 e. The zero-order valence-electron chi connectivity index (χ0n) is 12.0. The highest BCUT2D eigenvalue weighted by molar-refractivity contribution is 5.48. The van der Waals surface area contributed by atoms with Crippen LogP contribution in [0.4, 0.5) is 5.69 Å². The van der Waals surface area contributed by atoms with Gasteiger partial charge in [-0.25, -0.2) is 4.74 Å². The van der Waals surface area contributed by atoms with Crippen LogP contribution in [0.3, 0.4) is 0 Å². The normalized spacial score (nSPS) is 20.8. The molecule has 1 aliphatic rings. The van der Waals surface area contributed by atoms with E-state index in [0.717, 1.165) is 5.69 Å². The van der Waals surface area contributed by atoms with Crippen LogP contribution in [-0.4, -0.2) is 30.5 Å². The van der Waals surface area contributed by atoms with Gasteiger partial charge in [0.05, 0.1) is 4.92 Å². The quantitative estimate of drug-likeness (QED) is 0.280. The molecular weight excluding hydrogens is 270 g/mol. The van der Waals surface area contributed by atoms with E-state index in [0.29, 0.717) is 10.3 Å². The van der Waals surface area contributed by atoms with Crippen LogP contribution in [0.1, 0.15) is 12.0 Å². The number of anilines is 1. The molecule has 0 bridgehead atoms. The molecule has 21 heavy (non-hydrogen) atoms. The minimum Gasteiger partial charge on any atom is -0.623 e. The SMILES string of the molecule is C=[N+]([O-])C1(c2ccc(N(C)C)cc2)C=CC=C([N+](=O)[O-])C1. The molecular formula is C15H17N3O3. The van der Waals surface area contributed by atoms with Gasteiger partial charge in [-0.1, -0.05) is 6.08 Å². The molecule has 2 rings (SSSR count). The number of hydrogen-bond acceptors (Lipinski definition) is 4. The molecule has 0 fully saturated rings. The monoisotopic (exact) mass is 287 g/mol. The van der Waals surface area contributed by atoms with Crippen molar-refractivity contribution in [2.24, 2.45) is 0 Å². The third kappa shape index (κ3) is 2.65. The molecule has 0 spiro atoms. The summed E-state index contributed by atoms with van der Waals surface area (Å²) >= 11 is 0. The molecule has 0 aliphatic heterocycles. The molecule has 0 heterocycles. The molecule has 1 aromatic rings. The lowest BCUT2D eigenvalue weighted by Crippen LogP contribution is -2.36. The maximum absolute atomic E-state index is 12.0. The highest BCUT2D eigenvalue weighted by atomic mass is 16.6. The molecule has 0 aromatic heterocycles. The highest BCUT2D eigenvalue weighted by Crippen LogP contribution is 2.36. The van der Waals surface area contributed by atoms with Crippen LogP contribution < -0.4 is 4.90 Å². The van der Waals surface area contributed by atoms with E-state index in [4.69, 9.17) is 0 Å². The minimum atomic E-state index is -1.14. The molecule has 0 radical (unpaired) electrons. The van der Waals surface area contributed by atoms with E-state index in [1.807, 2.05) is 31.1 Å². The summed E-state index contributed by atoms with van der Waals surface area (Å²) in [6.07, 6.45) is 4.60. The van der Waals surface area contributed by atoms with Gasteiger partial charge in [0, 0.05) is 31.4 Å². The van der Waals surface area contributed by atoms with E-state index in [2.05, 4.69) is 6.72 Å². The molecule has 0 amide bonds. The lowest BCUT2D eigenvalue weighted by atomic mass is 9.82. The van der Waals surface area contributed by atoms with Crippen LogP contribution in [0.2, 0.25) is 0 Å². The van der Waals surface area contributed by atoms with Crippen molar-refractivity contribution in [3.8, 4) is 0 Å². The second-order valence-electron chi connectivity index (χ2n) is 5.20. The first-order valence-corrected chi connectivity index (χ1v) is 6.45. The maximum atomic E-state index is 12.0. The lowest BCUT2D eigenvalue weighted by molar-refractivity contribution is -0.544. The van der Waals surface area contributed by atoms with Crippen molar-refractivity contribution < 1.29 is 9.66 Å². The van der Waals surface area contributed by atoms with Crippen molar-refractivity contribution in [1.29, 1.82) is 0 Å². The van der Waals surface area contributed by atoms with Crippen molar-refractivity contribution in [3.05, 3.63) is 69.1 Å². The van der Waals surface area contributed by atoms with Gasteiger partial charge in [-0.15, -0.1) is 0 Å². The van der Waals surface area contributed by atoms with E-state index >= 15 is 0 Å². The van der Waals surface area contributed by atoms with E-state index < -0.39 is 10.5 Å². The van der Waals surface area contributed by atoms with E-state index in [1.165, 1.54) is 12.2 Å². The first kappa shape index (κ1) is 14.8. The Kier molecular flexibility index (Phi) is 3.80. The van der Waals surface area contributed by atoms with Crippen molar-refractivity contribution in [3.63, 3.8) is 0 Å². The predicted molar refractivity (Wildman–Crippen MR) is 82.0 cm³/mol. The Bertz CT molecular complexity index is 632. The summed E-state index contributed by atoms with van der Waals surface area (Å²) in [5, 5.41) is 23.0. The molecule has 6 heteroatoms. The highest BCUT2D eigenvalue weighted by Gasteiger charge is 2.43. The molecule has 0 N–H and O–H groups in total. The predicted octanol–water partition coefficient (Wildman–Crippen LogP) is 2.28. The Morgan fingerprint density at radius 2 is 1.86 bits per heavy atom. The summed E-state index contributed by atoms with van der Waals surface area (Å²) in [5.41, 5.74) is 0.530. The van der Waals surface area contributed by atoms with Crippen LogP contribution in [0.5, 0.6) is 0 Å². The number of benzene rings is 1. The summed E-state index contributed by atoms with van der Waals surface area (Å²) in [4.78, 5) is 12.5. The molecule has 1 aromatic carbocycles. The molecule has 0 saturated heterocycles. The number of hydrogen-bond donors (Lipinski definition) is 0. The zero-order valence-corrected chi connectivity index (χ0v) is 12.0. The Morgan fingerprint density at radius 1 is 1.24 bits per heavy atom. The van der Waals surface area contributed by atoms with Gasteiger partial charge in [0.1, 0.15) is 13.1 Å². The average Bonchev–Trinajstić information content (AvgIpc) is 2.47. The van der Waals surface area contributed by atoms with Crippen LogP contribution in [0.15, 0.2) is 48.2 Å². The van der Waals surface area contributed by atoms with Crippen LogP contribution >= 0.6 is 0 Å². The number of allylic oxidation sites excluding steroid dienone is 2. The summed E-state index contributed by atoms with van der Waals surface area (Å²) in [5.74, 6) is 0. The van der Waals surface area contributed by atoms with Crippen LogP contribution in [-0.2, 0) is 5.54 Å². The topological polar surface area (TPSA) is 72.5 Å². The fraction of sp³-hybridized carbons (Fsp3) is 0.267. The molecule has 0 saturated carbocycles. The second kappa shape index (κ2) is 5.40. The van der Waals surface area contributed by atoms with Gasteiger partial charge in [0.15, 0.2) is 0 Å². The van der Waals surface area contributed by atoms with Gasteiger partial charge in [-0.3, -0.25) is 10.1 Å². The van der Waals surface area contributed by atoms with E-state index in [-0.39, 0.29) is 12.1 Å². The number of nitrogens with zero attached hydrogens (tertiary/aromatic N) is 3. The van der Waals surface area contributed by atoms with Gasteiger partial charge in [0.2, 0.25) is 5.54 Å². The van der Waals surface area contributed by atoms with Crippen molar-refractivity contribution in [1.82, 2.24) is 0 Å². The van der Waals surface area contributed by atoms with Gasteiger partial charge in [-0.05, 0) is 30.3 Å². The van der Waals surface area contributed by atoms with Crippen molar-refractivity contribution in [2.45, 2.75) is 12.0 Å². The smallest absolute Gasteiger partial charge is 0.254 e. The van der Waals surface area contributed by atoms with Gasteiger partial charge >= 0.3 is 0 Å². The van der Waals surface area contributed by atoms with E-state index in [9.17, 15) is 15.3 Å². The Balaban J connectivity index is 2.45. The largest absolute Gasteiger partial charge is 0.623 e. The first-order valence-electron chi connectivity index (χ1n) is 6.45. The fourth-order valence-corrected chi connectivity index (χ4v) is 2.40. The Morgan fingerprint density at radius 3 is 2.33 bits per heavy atom. The van der Waals surface area contributed by atoms with Gasteiger partial charge in [-0.2, -0.15) is 0 Å². The third-order valence-corrected chi connectivity index (χ3v) is 3.67. The second-order valence-corrected chi connectivity index (χ2v) is 5.20. The minimum absolute atomic E-state index is 0.00122. The Labute approximate surface area is 123 Å². The lowest BCUT2D eigenvalue weighted by Gasteiger charge is -2.29. The van der Waals surface area contributed by atoms with Crippen LogP contribution in [0, 0.1) is 15.3 Å². The zero-order chi connectivity index (χ0) is 15.6. The Hall–Kier alpha value is -2.63. The third-order valence-electron chi connectivity index (χ3n) is 3.67. The first-order chi connectivity index (χ1) is 9.86. The number of nitro groups is 1. The van der Waals surface area contributed by atoms with Crippen LogP contribution in [0.25, 0.3) is 0 Å². The molecule has 1 unspecified atom stereocenters. The molecule has 110 valence electrons. The summed E-state index contributed by atoms with van der Waals surface area (Å²) in [7, 11) is 3.83. The van der Waals surface area contributed by atoms with Gasteiger partial charge < -0.3 is 10.1 Å². The molecule has 6 nitrogen and oxygen atoms in total.